The van der Waals surface area contributed by atoms with Crippen LogP contribution in [0, 0.1) is 0 Å². The molecule has 1 N–H and O–H groups in total. The molecule has 0 aliphatic rings. The maximum Gasteiger partial charge on any atom is 0.250 e. The molecule has 1 aromatic rings. The fraction of sp³-hybridized carbons (Fsp3) is 0.583. The van der Waals surface area contributed by atoms with Crippen molar-refractivity contribution in [2.45, 2.75) is 45.8 Å². The molecule has 5 nitrogen and oxygen atoms in total. The highest BCUT2D eigenvalue weighted by atomic mass is 28.4. The molecule has 0 radical (unpaired) electrons. The number of H-pyrrole nitrogens is 1. The summed E-state index contributed by atoms with van der Waals surface area (Å²) in [6.07, 6.45) is 2.86. The molecule has 0 saturated carbocycles. The second kappa shape index (κ2) is 5.05. The summed E-state index contributed by atoms with van der Waals surface area (Å²) in [6, 6.07) is 0. The van der Waals surface area contributed by atoms with Gasteiger partial charge in [-0.15, -0.1) is 0 Å². The lowest BCUT2D eigenvalue weighted by molar-refractivity contribution is -0.112. The highest BCUT2D eigenvalue weighted by molar-refractivity contribution is 6.74. The lowest BCUT2D eigenvalue weighted by Gasteiger charge is -2.36. The van der Waals surface area contributed by atoms with Gasteiger partial charge in [0.2, 0.25) is 0 Å². The van der Waals surface area contributed by atoms with Crippen molar-refractivity contribution in [3.63, 3.8) is 0 Å². The Hall–Kier alpha value is -1.43. The quantitative estimate of drug-likeness (QED) is 0.517. The molecule has 1 aromatic heterocycles. The molecule has 0 amide bonds. The first kappa shape index (κ1) is 14.6. The van der Waals surface area contributed by atoms with Gasteiger partial charge in [-0.2, -0.15) is 5.10 Å². The Bertz CT molecular complexity index is 444. The van der Waals surface area contributed by atoms with Crippen molar-refractivity contribution in [2.75, 3.05) is 0 Å². The molecular formula is C12H21N3O2Si. The number of carbonyl (C=O) groups excluding carboxylic acids is 1. The number of ketones is 1. The molecule has 0 aromatic carbocycles. The molecule has 0 aliphatic heterocycles. The summed E-state index contributed by atoms with van der Waals surface area (Å²) in [4.78, 5) is 15.3. The summed E-state index contributed by atoms with van der Waals surface area (Å²) in [5.41, 5.74) is 0. The van der Waals surface area contributed by atoms with E-state index in [1.54, 1.807) is 0 Å². The van der Waals surface area contributed by atoms with Crippen LogP contribution >= 0.6 is 0 Å². The number of aromatic amines is 1. The van der Waals surface area contributed by atoms with Gasteiger partial charge >= 0.3 is 0 Å². The van der Waals surface area contributed by atoms with E-state index in [0.717, 1.165) is 0 Å². The number of nitrogens with zero attached hydrogens (tertiary/aromatic N) is 2. The van der Waals surface area contributed by atoms with Crippen LogP contribution in [0.3, 0.4) is 0 Å². The average Bonchev–Trinajstić information content (AvgIpc) is 2.65. The molecule has 0 fully saturated rings. The number of hydrogen-bond donors (Lipinski definition) is 1. The molecule has 0 saturated heterocycles. The van der Waals surface area contributed by atoms with Crippen LogP contribution in [0.25, 0.3) is 5.76 Å². The number of rotatable bonds is 4. The van der Waals surface area contributed by atoms with E-state index in [4.69, 9.17) is 4.43 Å². The van der Waals surface area contributed by atoms with E-state index in [2.05, 4.69) is 49.0 Å². The van der Waals surface area contributed by atoms with Gasteiger partial charge < -0.3 is 4.43 Å². The first-order chi connectivity index (χ1) is 8.13. The first-order valence-electron chi connectivity index (χ1n) is 5.90. The number of aromatic nitrogens is 3. The lowest BCUT2D eigenvalue weighted by Crippen LogP contribution is -2.40. The SMILES string of the molecule is CC(=O)C=C(O[Si](C)(C)C(C)(C)C)c1ncn[nH]1. The average molecular weight is 267 g/mol. The zero-order valence-corrected chi connectivity index (χ0v) is 12.9. The largest absolute Gasteiger partial charge is 0.541 e. The van der Waals surface area contributed by atoms with Gasteiger partial charge in [-0.25, -0.2) is 4.98 Å². The van der Waals surface area contributed by atoms with E-state index >= 15 is 0 Å². The minimum atomic E-state index is -2.00. The molecule has 1 heterocycles. The molecule has 100 valence electrons. The van der Waals surface area contributed by atoms with E-state index in [1.807, 2.05) is 0 Å². The van der Waals surface area contributed by atoms with Crippen LogP contribution in [-0.2, 0) is 9.22 Å². The smallest absolute Gasteiger partial charge is 0.250 e. The van der Waals surface area contributed by atoms with Crippen LogP contribution in [0.5, 0.6) is 0 Å². The lowest BCUT2D eigenvalue weighted by atomic mass is 10.2. The van der Waals surface area contributed by atoms with E-state index < -0.39 is 8.32 Å². The Kier molecular flexibility index (Phi) is 4.11. The Morgan fingerprint density at radius 3 is 2.44 bits per heavy atom. The highest BCUT2D eigenvalue weighted by Gasteiger charge is 2.40. The van der Waals surface area contributed by atoms with Crippen molar-refractivity contribution in [1.29, 1.82) is 0 Å². The van der Waals surface area contributed by atoms with Gasteiger partial charge in [0.25, 0.3) is 8.32 Å². The molecular weight excluding hydrogens is 246 g/mol. The molecule has 0 spiro atoms. The summed E-state index contributed by atoms with van der Waals surface area (Å²) in [5, 5.41) is 6.58. The standard InChI is InChI=1S/C12H21N3O2Si/c1-9(16)7-10(11-13-8-14-15-11)17-18(5,6)12(2,3)4/h7-8H,1-6H3,(H,13,14,15). The molecule has 18 heavy (non-hydrogen) atoms. The molecule has 0 atom stereocenters. The fourth-order valence-corrected chi connectivity index (χ4v) is 2.09. The summed E-state index contributed by atoms with van der Waals surface area (Å²) >= 11 is 0. The Balaban J connectivity index is 3.05. The van der Waals surface area contributed by atoms with Gasteiger partial charge in [0.1, 0.15) is 6.33 Å². The summed E-state index contributed by atoms with van der Waals surface area (Å²) in [5.74, 6) is 0.904. The van der Waals surface area contributed by atoms with Crippen LogP contribution in [0.4, 0.5) is 0 Å². The number of allylic oxidation sites excluding steroid dienone is 1. The Labute approximate surface area is 109 Å². The summed E-state index contributed by atoms with van der Waals surface area (Å²) < 4.78 is 6.10. The van der Waals surface area contributed by atoms with E-state index in [9.17, 15) is 4.79 Å². The van der Waals surface area contributed by atoms with E-state index in [0.29, 0.717) is 11.6 Å². The second-order valence-corrected chi connectivity index (χ2v) is 10.5. The predicted octanol–water partition coefficient (Wildman–Crippen LogP) is 2.76. The van der Waals surface area contributed by atoms with Crippen LogP contribution in [0.15, 0.2) is 12.4 Å². The van der Waals surface area contributed by atoms with Crippen molar-refractivity contribution >= 4 is 19.9 Å². The van der Waals surface area contributed by atoms with Gasteiger partial charge in [-0.05, 0) is 25.1 Å². The van der Waals surface area contributed by atoms with Crippen LogP contribution < -0.4 is 0 Å². The third-order valence-corrected chi connectivity index (χ3v) is 7.50. The molecule has 1 rings (SSSR count). The second-order valence-electron chi connectivity index (χ2n) is 5.82. The van der Waals surface area contributed by atoms with Crippen molar-refractivity contribution in [1.82, 2.24) is 15.2 Å². The molecule has 6 heteroatoms. The summed E-state index contributed by atoms with van der Waals surface area (Å²) in [7, 11) is -2.00. The first-order valence-corrected chi connectivity index (χ1v) is 8.81. The zero-order valence-electron chi connectivity index (χ0n) is 11.9. The van der Waals surface area contributed by atoms with Crippen molar-refractivity contribution in [2.24, 2.45) is 0 Å². The third kappa shape index (κ3) is 3.53. The predicted molar refractivity (Wildman–Crippen MR) is 73.3 cm³/mol. The molecule has 0 unspecified atom stereocenters. The fourth-order valence-electron chi connectivity index (χ4n) is 1.08. The summed E-state index contributed by atoms with van der Waals surface area (Å²) in [6.45, 7) is 12.2. The third-order valence-electron chi connectivity index (χ3n) is 3.15. The highest BCUT2D eigenvalue weighted by Crippen LogP contribution is 2.38. The number of hydrogen-bond acceptors (Lipinski definition) is 4. The molecule has 0 aliphatic carbocycles. The Morgan fingerprint density at radius 2 is 2.06 bits per heavy atom. The van der Waals surface area contributed by atoms with Gasteiger partial charge in [0.15, 0.2) is 17.4 Å². The van der Waals surface area contributed by atoms with Gasteiger partial charge in [-0.1, -0.05) is 20.8 Å². The normalized spacial score (nSPS) is 13.6. The molecule has 0 bridgehead atoms. The van der Waals surface area contributed by atoms with Crippen molar-refractivity contribution in [3.8, 4) is 0 Å². The maximum atomic E-state index is 11.3. The van der Waals surface area contributed by atoms with Gasteiger partial charge in [0.05, 0.1) is 0 Å². The van der Waals surface area contributed by atoms with Crippen molar-refractivity contribution < 1.29 is 9.22 Å². The zero-order chi connectivity index (χ0) is 14.0. The van der Waals surface area contributed by atoms with Crippen LogP contribution in [-0.4, -0.2) is 29.3 Å². The maximum absolute atomic E-state index is 11.3. The van der Waals surface area contributed by atoms with Crippen LogP contribution in [0.1, 0.15) is 33.5 Å². The van der Waals surface area contributed by atoms with Crippen LogP contribution in [0.2, 0.25) is 18.1 Å². The van der Waals surface area contributed by atoms with Crippen molar-refractivity contribution in [3.05, 3.63) is 18.2 Å². The topological polar surface area (TPSA) is 67.9 Å². The van der Waals surface area contributed by atoms with E-state index in [1.165, 1.54) is 19.3 Å². The number of carbonyl (C=O) groups is 1. The minimum absolute atomic E-state index is 0.0584. The minimum Gasteiger partial charge on any atom is -0.541 e. The van der Waals surface area contributed by atoms with Gasteiger partial charge in [-0.3, -0.25) is 9.89 Å². The van der Waals surface area contributed by atoms with E-state index in [-0.39, 0.29) is 10.8 Å². The Morgan fingerprint density at radius 1 is 1.44 bits per heavy atom. The monoisotopic (exact) mass is 267 g/mol. The van der Waals surface area contributed by atoms with Gasteiger partial charge in [0, 0.05) is 6.08 Å². The number of nitrogens with one attached hydrogen (secondary N) is 1.